The van der Waals surface area contributed by atoms with Crippen LogP contribution in [0.3, 0.4) is 0 Å². The highest BCUT2D eigenvalue weighted by Crippen LogP contribution is 2.43. The molecule has 2 rings (SSSR count). The second kappa shape index (κ2) is 5.37. The third-order valence-electron chi connectivity index (χ3n) is 3.82. The van der Waals surface area contributed by atoms with E-state index < -0.39 is 10.3 Å². The first-order valence-electron chi connectivity index (χ1n) is 6.84. The number of aryl methyl sites for hydroxylation is 1. The first-order chi connectivity index (χ1) is 9.00. The molecular formula is C15H21NO2S. The van der Waals surface area contributed by atoms with Gasteiger partial charge in [0.2, 0.25) is 10.3 Å². The molecule has 0 amide bonds. The molecule has 1 aliphatic heterocycles. The fourth-order valence-corrected chi connectivity index (χ4v) is 3.59. The van der Waals surface area contributed by atoms with Crippen LogP contribution in [0.25, 0.3) is 0 Å². The summed E-state index contributed by atoms with van der Waals surface area (Å²) in [6.07, 6.45) is 4.26. The van der Waals surface area contributed by atoms with Gasteiger partial charge < -0.3 is 4.90 Å². The quantitative estimate of drug-likeness (QED) is 0.472. The summed E-state index contributed by atoms with van der Waals surface area (Å²) in [5.74, 6) is 0. The molecule has 0 aliphatic carbocycles. The Morgan fingerprint density at radius 2 is 1.79 bits per heavy atom. The minimum Gasteiger partial charge on any atom is -0.318 e. The van der Waals surface area contributed by atoms with Gasteiger partial charge in [0.15, 0.2) is 4.99 Å². The van der Waals surface area contributed by atoms with Crippen LogP contribution in [-0.4, -0.2) is 18.9 Å². The summed E-state index contributed by atoms with van der Waals surface area (Å²) in [5.41, 5.74) is 1.85. The fourth-order valence-electron chi connectivity index (χ4n) is 2.63. The maximum Gasteiger partial charge on any atom is 0.236 e. The molecule has 0 aromatic heterocycles. The van der Waals surface area contributed by atoms with Crippen LogP contribution in [0.5, 0.6) is 0 Å². The summed E-state index contributed by atoms with van der Waals surface area (Å²) in [7, 11) is -2.12. The van der Waals surface area contributed by atoms with Crippen molar-refractivity contribution in [1.82, 2.24) is 0 Å². The molecule has 1 aliphatic rings. The standard InChI is InChI=1S/C15H21NO2S/c1-4-5-6-11-15(3)14(19(17)18)16(15)13-9-7-12(2)8-10-13/h7-10H,4-6,11H2,1-3H3. The monoisotopic (exact) mass is 279 g/mol. The Hall–Kier alpha value is -1.29. The topological polar surface area (TPSA) is 37.1 Å². The van der Waals surface area contributed by atoms with Gasteiger partial charge in [0.05, 0.1) is 5.54 Å². The Balaban J connectivity index is 2.25. The zero-order chi connectivity index (χ0) is 14.0. The average Bonchev–Trinajstić information content (AvgIpc) is 2.97. The highest BCUT2D eigenvalue weighted by Gasteiger charge is 2.57. The Labute approximate surface area is 116 Å². The van der Waals surface area contributed by atoms with Gasteiger partial charge in [0.25, 0.3) is 0 Å². The summed E-state index contributed by atoms with van der Waals surface area (Å²) < 4.78 is 22.8. The van der Waals surface area contributed by atoms with E-state index in [4.69, 9.17) is 0 Å². The fraction of sp³-hybridized carbons (Fsp3) is 0.533. The second-order valence-electron chi connectivity index (χ2n) is 5.44. The van der Waals surface area contributed by atoms with E-state index in [2.05, 4.69) is 6.92 Å². The number of anilines is 1. The molecule has 1 aromatic rings. The van der Waals surface area contributed by atoms with Crippen molar-refractivity contribution in [2.45, 2.75) is 52.0 Å². The van der Waals surface area contributed by atoms with Gasteiger partial charge in [-0.05, 0) is 32.4 Å². The van der Waals surface area contributed by atoms with Crippen LogP contribution in [0.1, 0.15) is 45.1 Å². The summed E-state index contributed by atoms with van der Waals surface area (Å²) in [6.45, 7) is 6.21. The van der Waals surface area contributed by atoms with Crippen molar-refractivity contribution in [1.29, 1.82) is 0 Å². The molecule has 1 aromatic carbocycles. The molecule has 0 radical (unpaired) electrons. The lowest BCUT2D eigenvalue weighted by Gasteiger charge is -2.11. The number of rotatable bonds is 5. The smallest absolute Gasteiger partial charge is 0.236 e. The van der Waals surface area contributed by atoms with Crippen molar-refractivity contribution in [2.75, 3.05) is 4.90 Å². The van der Waals surface area contributed by atoms with E-state index in [9.17, 15) is 8.42 Å². The van der Waals surface area contributed by atoms with Crippen LogP contribution < -0.4 is 4.90 Å². The van der Waals surface area contributed by atoms with Gasteiger partial charge in [-0.25, -0.2) is 0 Å². The first kappa shape index (κ1) is 14.1. The van der Waals surface area contributed by atoms with E-state index in [0.29, 0.717) is 4.99 Å². The summed E-state index contributed by atoms with van der Waals surface area (Å²) in [4.78, 5) is 2.48. The molecule has 0 N–H and O–H groups in total. The third kappa shape index (κ3) is 2.68. The zero-order valence-corrected chi connectivity index (χ0v) is 12.6. The number of hydrogen-bond acceptors (Lipinski definition) is 2. The van der Waals surface area contributed by atoms with Crippen LogP contribution in [0.15, 0.2) is 24.3 Å². The number of nitrogens with zero attached hydrogens (tertiary/aromatic N) is 1. The van der Waals surface area contributed by atoms with E-state index in [0.717, 1.165) is 31.4 Å². The Kier molecular flexibility index (Phi) is 3.99. The molecule has 104 valence electrons. The minimum absolute atomic E-state index is 0.308. The summed E-state index contributed by atoms with van der Waals surface area (Å²) in [5, 5.41) is 0. The second-order valence-corrected chi connectivity index (χ2v) is 6.30. The van der Waals surface area contributed by atoms with Crippen molar-refractivity contribution in [3.63, 3.8) is 0 Å². The van der Waals surface area contributed by atoms with E-state index in [1.165, 1.54) is 5.56 Å². The highest BCUT2D eigenvalue weighted by atomic mass is 32.2. The summed E-state index contributed by atoms with van der Waals surface area (Å²) in [6, 6.07) is 8.03. The third-order valence-corrected chi connectivity index (χ3v) is 4.76. The van der Waals surface area contributed by atoms with Crippen molar-refractivity contribution < 1.29 is 8.42 Å². The first-order valence-corrected chi connectivity index (χ1v) is 7.92. The van der Waals surface area contributed by atoms with Gasteiger partial charge in [-0.15, -0.1) is 0 Å². The van der Waals surface area contributed by atoms with Crippen LogP contribution in [-0.2, 0) is 10.3 Å². The lowest BCUT2D eigenvalue weighted by molar-refractivity contribution is 0.593. The van der Waals surface area contributed by atoms with Crippen LogP contribution in [0.2, 0.25) is 0 Å². The molecule has 0 saturated carbocycles. The predicted molar refractivity (Wildman–Crippen MR) is 80.1 cm³/mol. The SMILES string of the molecule is CCCCCC1(C)C(=S(=O)=O)N1c1ccc(C)cc1. The normalized spacial score (nSPS) is 21.6. The largest absolute Gasteiger partial charge is 0.318 e. The van der Waals surface area contributed by atoms with E-state index >= 15 is 0 Å². The Morgan fingerprint density at radius 1 is 1.16 bits per heavy atom. The lowest BCUT2D eigenvalue weighted by Crippen LogP contribution is -2.13. The van der Waals surface area contributed by atoms with Crippen molar-refractivity contribution in [2.24, 2.45) is 0 Å². The van der Waals surface area contributed by atoms with Gasteiger partial charge in [-0.3, -0.25) is 0 Å². The molecule has 4 heteroatoms. The molecule has 0 spiro atoms. The van der Waals surface area contributed by atoms with E-state index in [1.54, 1.807) is 0 Å². The Bertz CT molecular complexity index is 581. The van der Waals surface area contributed by atoms with E-state index in [1.807, 2.05) is 43.0 Å². The Morgan fingerprint density at radius 3 is 2.32 bits per heavy atom. The van der Waals surface area contributed by atoms with Crippen molar-refractivity contribution in [3.05, 3.63) is 29.8 Å². The number of unbranched alkanes of at least 4 members (excludes halogenated alkanes) is 2. The lowest BCUT2D eigenvalue weighted by atomic mass is 10.0. The van der Waals surface area contributed by atoms with Crippen LogP contribution in [0.4, 0.5) is 5.69 Å². The molecule has 19 heavy (non-hydrogen) atoms. The van der Waals surface area contributed by atoms with Crippen LogP contribution >= 0.6 is 0 Å². The van der Waals surface area contributed by atoms with E-state index in [-0.39, 0.29) is 5.54 Å². The van der Waals surface area contributed by atoms with Crippen LogP contribution in [0, 0.1) is 6.92 Å². The van der Waals surface area contributed by atoms with Crippen molar-refractivity contribution in [3.8, 4) is 0 Å². The molecule has 3 nitrogen and oxygen atoms in total. The number of hydrogen-bond donors (Lipinski definition) is 0. The molecule has 1 fully saturated rings. The highest BCUT2D eigenvalue weighted by molar-refractivity contribution is 7.74. The number of benzene rings is 1. The molecule has 1 heterocycles. The average molecular weight is 279 g/mol. The van der Waals surface area contributed by atoms with Gasteiger partial charge in [0, 0.05) is 5.69 Å². The maximum atomic E-state index is 11.4. The molecular weight excluding hydrogens is 258 g/mol. The van der Waals surface area contributed by atoms with Crippen molar-refractivity contribution >= 4 is 21.0 Å². The van der Waals surface area contributed by atoms with Gasteiger partial charge >= 0.3 is 0 Å². The zero-order valence-electron chi connectivity index (χ0n) is 11.8. The van der Waals surface area contributed by atoms with Gasteiger partial charge in [-0.2, -0.15) is 8.42 Å². The molecule has 1 saturated heterocycles. The molecule has 1 unspecified atom stereocenters. The predicted octanol–water partition coefficient (Wildman–Crippen LogP) is 3.16. The molecule has 0 bridgehead atoms. The molecule has 1 atom stereocenters. The van der Waals surface area contributed by atoms with Gasteiger partial charge in [-0.1, -0.05) is 43.9 Å². The summed E-state index contributed by atoms with van der Waals surface area (Å²) >= 11 is 0. The maximum absolute atomic E-state index is 11.4. The van der Waals surface area contributed by atoms with Gasteiger partial charge in [0.1, 0.15) is 0 Å². The minimum atomic E-state index is -2.12.